The third-order valence-corrected chi connectivity index (χ3v) is 4.96. The Kier molecular flexibility index (Phi) is 3.92. The summed E-state index contributed by atoms with van der Waals surface area (Å²) in [4.78, 5) is 18.5. The molecule has 0 N–H and O–H groups in total. The minimum Gasteiger partial charge on any atom is -0.300 e. The van der Waals surface area contributed by atoms with Gasteiger partial charge in [-0.3, -0.25) is 4.79 Å². The third-order valence-electron chi connectivity index (χ3n) is 3.85. The molecule has 2 aromatic heterocycles. The van der Waals surface area contributed by atoms with Crippen LogP contribution in [-0.2, 0) is 6.54 Å². The van der Waals surface area contributed by atoms with Gasteiger partial charge in [-0.25, -0.2) is 4.98 Å². The molecule has 0 saturated carbocycles. The molecular formula is C19H13ClN2OS. The smallest absolute Gasteiger partial charge is 0.278 e. The van der Waals surface area contributed by atoms with Gasteiger partial charge in [-0.05, 0) is 35.2 Å². The van der Waals surface area contributed by atoms with Crippen molar-refractivity contribution >= 4 is 34.0 Å². The molecule has 0 aliphatic rings. The van der Waals surface area contributed by atoms with Crippen molar-refractivity contribution in [1.82, 2.24) is 9.55 Å². The fourth-order valence-electron chi connectivity index (χ4n) is 2.72. The highest BCUT2D eigenvalue weighted by molar-refractivity contribution is 7.13. The monoisotopic (exact) mass is 352 g/mol. The second-order valence-electron chi connectivity index (χ2n) is 5.45. The molecule has 0 fully saturated rings. The van der Waals surface area contributed by atoms with Crippen LogP contribution in [0.3, 0.4) is 0 Å². The molecule has 0 unspecified atom stereocenters. The van der Waals surface area contributed by atoms with Crippen molar-refractivity contribution in [3.05, 3.63) is 87.0 Å². The Morgan fingerprint density at radius 1 is 1.04 bits per heavy atom. The number of benzene rings is 2. The van der Waals surface area contributed by atoms with E-state index in [0.717, 1.165) is 21.5 Å². The summed E-state index contributed by atoms with van der Waals surface area (Å²) < 4.78 is 1.77. The first-order chi connectivity index (χ1) is 11.7. The van der Waals surface area contributed by atoms with Crippen molar-refractivity contribution in [3.63, 3.8) is 0 Å². The maximum atomic E-state index is 13.0. The van der Waals surface area contributed by atoms with Crippen molar-refractivity contribution < 1.29 is 0 Å². The molecule has 0 atom stereocenters. The van der Waals surface area contributed by atoms with E-state index in [0.29, 0.717) is 17.3 Å². The van der Waals surface area contributed by atoms with Crippen molar-refractivity contribution in [2.45, 2.75) is 6.54 Å². The van der Waals surface area contributed by atoms with Crippen molar-refractivity contribution in [2.75, 3.05) is 0 Å². The first kappa shape index (κ1) is 15.1. The van der Waals surface area contributed by atoms with Gasteiger partial charge in [0.2, 0.25) is 0 Å². The number of thiophene rings is 1. The Hall–Kier alpha value is -2.43. The predicted molar refractivity (Wildman–Crippen MR) is 99.9 cm³/mol. The number of rotatable bonds is 3. The van der Waals surface area contributed by atoms with Gasteiger partial charge in [0.15, 0.2) is 0 Å². The summed E-state index contributed by atoms with van der Waals surface area (Å²) in [5.41, 5.74) is 2.96. The lowest BCUT2D eigenvalue weighted by atomic mass is 10.2. The second kappa shape index (κ2) is 6.23. The van der Waals surface area contributed by atoms with E-state index in [1.807, 2.05) is 53.9 Å². The van der Waals surface area contributed by atoms with Gasteiger partial charge in [-0.2, -0.15) is 0 Å². The second-order valence-corrected chi connectivity index (χ2v) is 6.83. The minimum atomic E-state index is -0.0869. The van der Waals surface area contributed by atoms with Gasteiger partial charge in [0.25, 0.3) is 5.56 Å². The SMILES string of the molecule is O=c1c(-c2cccs2)nc2cc(Cl)ccc2n1Cc1ccccc1. The van der Waals surface area contributed by atoms with E-state index in [1.165, 1.54) is 11.3 Å². The van der Waals surface area contributed by atoms with Crippen LogP contribution >= 0.6 is 22.9 Å². The molecule has 0 aliphatic heterocycles. The quantitative estimate of drug-likeness (QED) is 0.529. The van der Waals surface area contributed by atoms with Crippen LogP contribution in [0.1, 0.15) is 5.56 Å². The van der Waals surface area contributed by atoms with Crippen LogP contribution in [0.4, 0.5) is 0 Å². The van der Waals surface area contributed by atoms with Crippen LogP contribution < -0.4 is 5.56 Å². The minimum absolute atomic E-state index is 0.0869. The molecule has 5 heteroatoms. The normalized spacial score (nSPS) is 11.0. The zero-order valence-corrected chi connectivity index (χ0v) is 14.2. The van der Waals surface area contributed by atoms with Crippen LogP contribution in [0.2, 0.25) is 5.02 Å². The molecule has 2 heterocycles. The fourth-order valence-corrected chi connectivity index (χ4v) is 3.59. The fraction of sp³-hybridized carbons (Fsp3) is 0.0526. The van der Waals surface area contributed by atoms with Gasteiger partial charge in [0.05, 0.1) is 22.5 Å². The molecule has 2 aromatic carbocycles. The lowest BCUT2D eigenvalue weighted by molar-refractivity contribution is 0.790. The highest BCUT2D eigenvalue weighted by Gasteiger charge is 2.14. The van der Waals surface area contributed by atoms with Crippen LogP contribution in [-0.4, -0.2) is 9.55 Å². The summed E-state index contributed by atoms with van der Waals surface area (Å²) in [5, 5.41) is 2.55. The average molecular weight is 353 g/mol. The highest BCUT2D eigenvalue weighted by atomic mass is 35.5. The molecule has 0 amide bonds. The van der Waals surface area contributed by atoms with E-state index in [4.69, 9.17) is 11.6 Å². The summed E-state index contributed by atoms with van der Waals surface area (Å²) in [5.74, 6) is 0. The standard InChI is InChI=1S/C19H13ClN2OS/c20-14-8-9-16-15(11-14)21-18(17-7-4-10-24-17)19(23)22(16)12-13-5-2-1-3-6-13/h1-11H,12H2. The number of hydrogen-bond donors (Lipinski definition) is 0. The van der Waals surface area contributed by atoms with E-state index in [-0.39, 0.29) is 5.56 Å². The summed E-state index contributed by atoms with van der Waals surface area (Å²) >= 11 is 7.63. The molecule has 0 radical (unpaired) electrons. The zero-order valence-electron chi connectivity index (χ0n) is 12.6. The Balaban J connectivity index is 1.99. The van der Waals surface area contributed by atoms with E-state index in [2.05, 4.69) is 4.98 Å². The van der Waals surface area contributed by atoms with Crippen molar-refractivity contribution in [1.29, 1.82) is 0 Å². The number of hydrogen-bond acceptors (Lipinski definition) is 3. The molecule has 4 rings (SSSR count). The Labute approximate surface area is 147 Å². The first-order valence-corrected chi connectivity index (χ1v) is 8.76. The van der Waals surface area contributed by atoms with Crippen molar-refractivity contribution in [3.8, 4) is 10.6 Å². The molecule has 0 bridgehead atoms. The average Bonchev–Trinajstić information content (AvgIpc) is 3.12. The van der Waals surface area contributed by atoms with Crippen LogP contribution in [0.5, 0.6) is 0 Å². The van der Waals surface area contributed by atoms with Gasteiger partial charge in [0, 0.05) is 5.02 Å². The number of aromatic nitrogens is 2. The van der Waals surface area contributed by atoms with Gasteiger partial charge in [-0.1, -0.05) is 48.0 Å². The molecule has 4 aromatic rings. The van der Waals surface area contributed by atoms with Crippen LogP contribution in [0.25, 0.3) is 21.6 Å². The lowest BCUT2D eigenvalue weighted by Crippen LogP contribution is -2.24. The molecule has 3 nitrogen and oxygen atoms in total. The summed E-state index contributed by atoms with van der Waals surface area (Å²) in [7, 11) is 0. The van der Waals surface area contributed by atoms with Crippen LogP contribution in [0, 0.1) is 0 Å². The maximum absolute atomic E-state index is 13.0. The topological polar surface area (TPSA) is 34.9 Å². The molecule has 24 heavy (non-hydrogen) atoms. The van der Waals surface area contributed by atoms with Crippen LogP contribution in [0.15, 0.2) is 70.8 Å². The molecular weight excluding hydrogens is 340 g/mol. The van der Waals surface area contributed by atoms with Gasteiger partial charge < -0.3 is 4.57 Å². The summed E-state index contributed by atoms with van der Waals surface area (Å²) in [6.07, 6.45) is 0. The Bertz CT molecular complexity index is 1060. The predicted octanol–water partition coefficient (Wildman–Crippen LogP) is 4.83. The van der Waals surface area contributed by atoms with E-state index in [9.17, 15) is 4.79 Å². The Morgan fingerprint density at radius 2 is 1.88 bits per heavy atom. The number of halogens is 1. The van der Waals surface area contributed by atoms with Gasteiger partial charge in [-0.15, -0.1) is 11.3 Å². The summed E-state index contributed by atoms with van der Waals surface area (Å²) in [6.45, 7) is 0.499. The zero-order chi connectivity index (χ0) is 16.5. The summed E-state index contributed by atoms with van der Waals surface area (Å²) in [6, 6.07) is 19.2. The van der Waals surface area contributed by atoms with E-state index in [1.54, 1.807) is 16.7 Å². The van der Waals surface area contributed by atoms with Gasteiger partial charge in [0.1, 0.15) is 5.69 Å². The van der Waals surface area contributed by atoms with Gasteiger partial charge >= 0.3 is 0 Å². The molecule has 0 saturated heterocycles. The first-order valence-electron chi connectivity index (χ1n) is 7.50. The lowest BCUT2D eigenvalue weighted by Gasteiger charge is -2.12. The maximum Gasteiger partial charge on any atom is 0.278 e. The van der Waals surface area contributed by atoms with E-state index >= 15 is 0 Å². The Morgan fingerprint density at radius 3 is 2.62 bits per heavy atom. The molecule has 0 spiro atoms. The largest absolute Gasteiger partial charge is 0.300 e. The van der Waals surface area contributed by atoms with E-state index < -0.39 is 0 Å². The number of fused-ring (bicyclic) bond motifs is 1. The highest BCUT2D eigenvalue weighted by Crippen LogP contribution is 2.24. The number of nitrogens with zero attached hydrogens (tertiary/aromatic N) is 2. The van der Waals surface area contributed by atoms with Crippen molar-refractivity contribution in [2.24, 2.45) is 0 Å². The molecule has 118 valence electrons. The third kappa shape index (κ3) is 2.75. The molecule has 0 aliphatic carbocycles.